The first-order chi connectivity index (χ1) is 16.5. The van der Waals surface area contributed by atoms with E-state index in [1.165, 1.54) is 11.6 Å². The number of carbonyl (C=O) groups excluding carboxylic acids is 2. The second-order valence-corrected chi connectivity index (χ2v) is 9.90. The third-order valence-corrected chi connectivity index (χ3v) is 7.83. The van der Waals surface area contributed by atoms with Crippen LogP contribution in [0.25, 0.3) is 10.9 Å². The van der Waals surface area contributed by atoms with Gasteiger partial charge in [-0.15, -0.1) is 0 Å². The molecule has 1 atom stereocenters. The number of benzene rings is 2. The molecule has 3 heterocycles. The van der Waals surface area contributed by atoms with E-state index in [2.05, 4.69) is 38.6 Å². The molecule has 2 aliphatic heterocycles. The summed E-state index contributed by atoms with van der Waals surface area (Å²) in [5.74, 6) is 0.130. The zero-order valence-electron chi connectivity index (χ0n) is 18.8. The van der Waals surface area contributed by atoms with Crippen molar-refractivity contribution in [2.75, 3.05) is 32.7 Å². The number of likely N-dealkylation sites (tertiary alicyclic amines) is 2. The smallest absolute Gasteiger partial charge is 0.251 e. The second-order valence-electron chi connectivity index (χ2n) is 9.09. The highest BCUT2D eigenvalue weighted by Crippen LogP contribution is 2.33. The molecule has 0 saturated carbocycles. The van der Waals surface area contributed by atoms with Crippen LogP contribution in [-0.2, 0) is 4.79 Å². The van der Waals surface area contributed by atoms with Crippen molar-refractivity contribution in [2.45, 2.75) is 31.2 Å². The van der Waals surface area contributed by atoms with E-state index in [0.29, 0.717) is 34.1 Å². The highest BCUT2D eigenvalue weighted by atomic mass is 35.5. The predicted octanol–water partition coefficient (Wildman–Crippen LogP) is 4.08. The largest absolute Gasteiger partial charge is 0.343 e. The van der Waals surface area contributed by atoms with Crippen LogP contribution in [-0.4, -0.2) is 70.6 Å². The van der Waals surface area contributed by atoms with Crippen LogP contribution in [0.1, 0.15) is 41.1 Å². The summed E-state index contributed by atoms with van der Waals surface area (Å²) in [7, 11) is 0. The van der Waals surface area contributed by atoms with Crippen molar-refractivity contribution in [3.05, 3.63) is 63.8 Å². The van der Waals surface area contributed by atoms with Gasteiger partial charge in [0.05, 0.1) is 28.3 Å². The molecule has 2 saturated heterocycles. The van der Waals surface area contributed by atoms with Crippen molar-refractivity contribution in [3.8, 4) is 0 Å². The van der Waals surface area contributed by atoms with Crippen LogP contribution in [0.4, 0.5) is 0 Å². The van der Waals surface area contributed by atoms with Gasteiger partial charge in [0.1, 0.15) is 0 Å². The molecule has 2 fully saturated rings. The number of hydrogen-bond acceptors (Lipinski definition) is 4. The standard InChI is InChI=1S/C25H27Cl2N5O2/c26-21-5-4-17(12-22(21)27)25(34)28-14-23(33)32-11-8-19(15-32)31-9-6-16(7-10-31)20-3-1-2-18-13-29-30-24(18)20/h1-5,12-13,16,19H,6-11,14-15H2,(H,28,34)(H,29,30). The maximum Gasteiger partial charge on any atom is 0.251 e. The second kappa shape index (κ2) is 9.94. The van der Waals surface area contributed by atoms with Gasteiger partial charge in [0.25, 0.3) is 5.91 Å². The molecule has 0 bridgehead atoms. The van der Waals surface area contributed by atoms with Gasteiger partial charge in [-0.25, -0.2) is 0 Å². The van der Waals surface area contributed by atoms with Crippen molar-refractivity contribution in [3.63, 3.8) is 0 Å². The van der Waals surface area contributed by atoms with Crippen LogP contribution in [0.15, 0.2) is 42.6 Å². The molecule has 178 valence electrons. The van der Waals surface area contributed by atoms with Gasteiger partial charge in [0.2, 0.25) is 5.91 Å². The molecule has 2 aromatic carbocycles. The molecular formula is C25H27Cl2N5O2. The molecule has 0 spiro atoms. The van der Waals surface area contributed by atoms with E-state index in [4.69, 9.17) is 23.2 Å². The van der Waals surface area contributed by atoms with E-state index in [9.17, 15) is 9.59 Å². The Morgan fingerprint density at radius 1 is 1.06 bits per heavy atom. The van der Waals surface area contributed by atoms with Crippen molar-refractivity contribution in [1.29, 1.82) is 0 Å². The van der Waals surface area contributed by atoms with E-state index in [1.54, 1.807) is 12.1 Å². The van der Waals surface area contributed by atoms with Gasteiger partial charge in [0.15, 0.2) is 0 Å². The molecule has 2 amide bonds. The van der Waals surface area contributed by atoms with Crippen LogP contribution in [0.3, 0.4) is 0 Å². The summed E-state index contributed by atoms with van der Waals surface area (Å²) in [6, 6.07) is 11.5. The third-order valence-electron chi connectivity index (χ3n) is 7.09. The topological polar surface area (TPSA) is 81.3 Å². The van der Waals surface area contributed by atoms with Crippen LogP contribution >= 0.6 is 23.2 Å². The normalized spacial score (nSPS) is 19.6. The summed E-state index contributed by atoms with van der Waals surface area (Å²) >= 11 is 11.9. The lowest BCUT2D eigenvalue weighted by atomic mass is 9.87. The van der Waals surface area contributed by atoms with Gasteiger partial charge < -0.3 is 10.2 Å². The SMILES string of the molecule is O=C(NCC(=O)N1CCC(N2CCC(c3cccc4cn[nH]c34)CC2)C1)c1ccc(Cl)c(Cl)c1. The summed E-state index contributed by atoms with van der Waals surface area (Å²) < 4.78 is 0. The number of amides is 2. The molecule has 0 radical (unpaired) electrons. The van der Waals surface area contributed by atoms with Gasteiger partial charge in [-0.1, -0.05) is 41.4 Å². The van der Waals surface area contributed by atoms with Crippen LogP contribution in [0.5, 0.6) is 0 Å². The minimum atomic E-state index is -0.336. The Kier molecular flexibility index (Phi) is 6.77. The number of hydrogen-bond donors (Lipinski definition) is 2. The Labute approximate surface area is 208 Å². The summed E-state index contributed by atoms with van der Waals surface area (Å²) in [5, 5.41) is 11.9. The Morgan fingerprint density at radius 3 is 2.68 bits per heavy atom. The number of carbonyl (C=O) groups is 2. The number of fused-ring (bicyclic) bond motifs is 1. The molecule has 2 aliphatic rings. The van der Waals surface area contributed by atoms with Gasteiger partial charge in [-0.3, -0.25) is 19.6 Å². The lowest BCUT2D eigenvalue weighted by Crippen LogP contribution is -2.44. The quantitative estimate of drug-likeness (QED) is 0.554. The van der Waals surface area contributed by atoms with E-state index < -0.39 is 0 Å². The van der Waals surface area contributed by atoms with E-state index in [-0.39, 0.29) is 18.4 Å². The number of para-hydroxylation sites is 1. The highest BCUT2D eigenvalue weighted by Gasteiger charge is 2.33. The lowest BCUT2D eigenvalue weighted by Gasteiger charge is -2.36. The molecule has 9 heteroatoms. The molecular weight excluding hydrogens is 473 g/mol. The highest BCUT2D eigenvalue weighted by molar-refractivity contribution is 6.42. The van der Waals surface area contributed by atoms with E-state index in [1.807, 2.05) is 11.1 Å². The van der Waals surface area contributed by atoms with Crippen LogP contribution in [0.2, 0.25) is 10.0 Å². The van der Waals surface area contributed by atoms with Crippen LogP contribution in [0, 0.1) is 0 Å². The zero-order chi connectivity index (χ0) is 23.7. The lowest BCUT2D eigenvalue weighted by molar-refractivity contribution is -0.129. The predicted molar refractivity (Wildman–Crippen MR) is 133 cm³/mol. The molecule has 5 rings (SSSR count). The average molecular weight is 500 g/mol. The first kappa shape index (κ1) is 23.1. The fraction of sp³-hybridized carbons (Fsp3) is 0.400. The molecule has 0 aliphatic carbocycles. The molecule has 1 aromatic heterocycles. The minimum absolute atomic E-state index is 0.0257. The third kappa shape index (κ3) is 4.78. The van der Waals surface area contributed by atoms with E-state index in [0.717, 1.165) is 49.8 Å². The fourth-order valence-electron chi connectivity index (χ4n) is 5.18. The number of rotatable bonds is 5. The summed E-state index contributed by atoms with van der Waals surface area (Å²) in [5.41, 5.74) is 2.90. The van der Waals surface area contributed by atoms with Crippen molar-refractivity contribution in [2.24, 2.45) is 0 Å². The van der Waals surface area contributed by atoms with Gasteiger partial charge in [-0.05, 0) is 62.0 Å². The number of piperidine rings is 1. The van der Waals surface area contributed by atoms with Crippen molar-refractivity contribution in [1.82, 2.24) is 25.3 Å². The van der Waals surface area contributed by atoms with Crippen molar-refractivity contribution < 1.29 is 9.59 Å². The maximum atomic E-state index is 12.7. The Bertz CT molecular complexity index is 1200. The average Bonchev–Trinajstić information content (AvgIpc) is 3.54. The monoisotopic (exact) mass is 499 g/mol. The Morgan fingerprint density at radius 2 is 1.88 bits per heavy atom. The number of nitrogens with zero attached hydrogens (tertiary/aromatic N) is 3. The number of nitrogens with one attached hydrogen (secondary N) is 2. The number of H-pyrrole nitrogens is 1. The van der Waals surface area contributed by atoms with Gasteiger partial charge >= 0.3 is 0 Å². The number of aromatic nitrogens is 2. The number of halogens is 2. The molecule has 7 nitrogen and oxygen atoms in total. The Balaban J connectivity index is 1.10. The first-order valence-corrected chi connectivity index (χ1v) is 12.4. The van der Waals surface area contributed by atoms with Gasteiger partial charge in [0, 0.05) is 30.1 Å². The summed E-state index contributed by atoms with van der Waals surface area (Å²) in [4.78, 5) is 29.4. The summed E-state index contributed by atoms with van der Waals surface area (Å²) in [6.07, 6.45) is 5.04. The molecule has 1 unspecified atom stereocenters. The molecule has 2 N–H and O–H groups in total. The maximum absolute atomic E-state index is 12.7. The molecule has 34 heavy (non-hydrogen) atoms. The first-order valence-electron chi connectivity index (χ1n) is 11.7. The fourth-order valence-corrected chi connectivity index (χ4v) is 5.48. The van der Waals surface area contributed by atoms with E-state index >= 15 is 0 Å². The minimum Gasteiger partial charge on any atom is -0.343 e. The summed E-state index contributed by atoms with van der Waals surface area (Å²) in [6.45, 7) is 3.45. The zero-order valence-corrected chi connectivity index (χ0v) is 20.3. The van der Waals surface area contributed by atoms with Crippen molar-refractivity contribution >= 4 is 45.9 Å². The molecule has 3 aromatic rings. The van der Waals surface area contributed by atoms with Crippen LogP contribution < -0.4 is 5.32 Å². The van der Waals surface area contributed by atoms with Gasteiger partial charge in [-0.2, -0.15) is 5.10 Å². The Hall–Kier alpha value is -2.61. The number of aromatic amines is 1.